The molecule has 132 valence electrons. The van der Waals surface area contributed by atoms with Crippen LogP contribution >= 0.6 is 27.7 Å². The van der Waals surface area contributed by atoms with Gasteiger partial charge in [0.1, 0.15) is 12.4 Å². The van der Waals surface area contributed by atoms with Crippen molar-refractivity contribution in [1.29, 1.82) is 0 Å². The lowest BCUT2D eigenvalue weighted by molar-refractivity contribution is -0.136. The largest absolute Gasteiger partial charge is 0.341 e. The molecule has 2 fully saturated rings. The number of piperidine rings is 1. The maximum Gasteiger partial charge on any atom is 0.294 e. The molecule has 0 unspecified atom stereocenters. The number of hydrogen-bond acceptors (Lipinski definition) is 4. The van der Waals surface area contributed by atoms with E-state index in [0.717, 1.165) is 35.9 Å². The topological polar surface area (TPSA) is 57.7 Å². The van der Waals surface area contributed by atoms with E-state index < -0.39 is 17.0 Å². The quantitative estimate of drug-likeness (QED) is 0.692. The molecule has 2 aliphatic rings. The Morgan fingerprint density at radius 1 is 1.24 bits per heavy atom. The first-order chi connectivity index (χ1) is 12.0. The molecule has 1 aromatic carbocycles. The van der Waals surface area contributed by atoms with Gasteiger partial charge in [0.05, 0.1) is 4.91 Å². The Kier molecular flexibility index (Phi) is 5.58. The number of benzene rings is 1. The van der Waals surface area contributed by atoms with Gasteiger partial charge < -0.3 is 4.90 Å². The molecular formula is C17H16BrFN2O3S. The predicted octanol–water partition coefficient (Wildman–Crippen LogP) is 3.64. The Balaban J connectivity index is 1.74. The molecule has 8 heteroatoms. The zero-order chi connectivity index (χ0) is 18.0. The van der Waals surface area contributed by atoms with Gasteiger partial charge in [0.2, 0.25) is 5.91 Å². The molecular weight excluding hydrogens is 411 g/mol. The number of carbonyl (C=O) groups is 3. The summed E-state index contributed by atoms with van der Waals surface area (Å²) in [5.41, 5.74) is 0.210. The SMILES string of the molecule is O=C(CN1C(=O)S/C(=C\c2cc(Br)ccc2F)C1=O)N1CCCCC1. The zero-order valence-corrected chi connectivity index (χ0v) is 15.7. The minimum Gasteiger partial charge on any atom is -0.341 e. The Morgan fingerprint density at radius 3 is 2.68 bits per heavy atom. The third-order valence-electron chi connectivity index (χ3n) is 4.12. The number of halogens is 2. The van der Waals surface area contributed by atoms with Crippen molar-refractivity contribution in [3.63, 3.8) is 0 Å². The maximum atomic E-state index is 13.9. The van der Waals surface area contributed by atoms with Gasteiger partial charge >= 0.3 is 0 Å². The van der Waals surface area contributed by atoms with Crippen molar-refractivity contribution < 1.29 is 18.8 Å². The van der Waals surface area contributed by atoms with Crippen molar-refractivity contribution in [3.05, 3.63) is 39.0 Å². The fraction of sp³-hybridized carbons (Fsp3) is 0.353. The van der Waals surface area contributed by atoms with Crippen molar-refractivity contribution in [2.24, 2.45) is 0 Å². The van der Waals surface area contributed by atoms with Gasteiger partial charge in [-0.2, -0.15) is 0 Å². The average molecular weight is 427 g/mol. The molecule has 3 amide bonds. The third kappa shape index (κ3) is 4.12. The van der Waals surface area contributed by atoms with Crippen LogP contribution in [-0.4, -0.2) is 46.5 Å². The number of amides is 3. The van der Waals surface area contributed by atoms with Crippen LogP contribution in [0.4, 0.5) is 9.18 Å². The van der Waals surface area contributed by atoms with Gasteiger partial charge in [0, 0.05) is 23.1 Å². The molecule has 2 heterocycles. The van der Waals surface area contributed by atoms with Gasteiger partial charge in [-0.15, -0.1) is 0 Å². The molecule has 1 aromatic rings. The first kappa shape index (κ1) is 18.1. The van der Waals surface area contributed by atoms with Crippen LogP contribution in [0.15, 0.2) is 27.6 Å². The molecule has 0 saturated carbocycles. The van der Waals surface area contributed by atoms with E-state index in [1.165, 1.54) is 18.2 Å². The monoisotopic (exact) mass is 426 g/mol. The summed E-state index contributed by atoms with van der Waals surface area (Å²) in [5.74, 6) is -1.27. The number of hydrogen-bond donors (Lipinski definition) is 0. The number of thioether (sulfide) groups is 1. The second-order valence-corrected chi connectivity index (χ2v) is 7.78. The van der Waals surface area contributed by atoms with Gasteiger partial charge in [-0.25, -0.2) is 4.39 Å². The molecule has 3 rings (SSSR count). The Bertz CT molecular complexity index is 762. The number of nitrogens with zero attached hydrogens (tertiary/aromatic N) is 2. The van der Waals surface area contributed by atoms with Gasteiger partial charge in [-0.05, 0) is 55.3 Å². The molecule has 5 nitrogen and oxygen atoms in total. The number of carbonyl (C=O) groups excluding carboxylic acids is 3. The van der Waals surface area contributed by atoms with Crippen LogP contribution in [0.1, 0.15) is 24.8 Å². The lowest BCUT2D eigenvalue weighted by atomic mass is 10.1. The standard InChI is InChI=1S/C17H16BrFN2O3S/c18-12-4-5-13(19)11(8-12)9-14-16(23)21(17(24)25-14)10-15(22)20-6-2-1-3-7-20/h4-5,8-9H,1-3,6-7,10H2/b14-9-. The molecule has 0 spiro atoms. The van der Waals surface area contributed by atoms with Gasteiger partial charge in [-0.3, -0.25) is 19.3 Å². The zero-order valence-electron chi connectivity index (χ0n) is 13.3. The summed E-state index contributed by atoms with van der Waals surface area (Å²) in [7, 11) is 0. The highest BCUT2D eigenvalue weighted by atomic mass is 79.9. The number of likely N-dealkylation sites (tertiary alicyclic amines) is 1. The fourth-order valence-corrected chi connectivity index (χ4v) is 3.99. The summed E-state index contributed by atoms with van der Waals surface area (Å²) in [6, 6.07) is 4.36. The second kappa shape index (κ2) is 7.70. The average Bonchev–Trinajstić information content (AvgIpc) is 2.86. The van der Waals surface area contributed by atoms with Gasteiger partial charge in [-0.1, -0.05) is 15.9 Å². The minimum atomic E-state index is -0.556. The van der Waals surface area contributed by atoms with Crippen LogP contribution < -0.4 is 0 Å². The van der Waals surface area contributed by atoms with Crippen LogP contribution in [0, 0.1) is 5.82 Å². The predicted molar refractivity (Wildman–Crippen MR) is 97.2 cm³/mol. The first-order valence-corrected chi connectivity index (χ1v) is 9.55. The summed E-state index contributed by atoms with van der Waals surface area (Å²) >= 11 is 3.97. The summed E-state index contributed by atoms with van der Waals surface area (Å²) in [4.78, 5) is 39.6. The third-order valence-corrected chi connectivity index (χ3v) is 5.52. The molecule has 0 aliphatic carbocycles. The van der Waals surface area contributed by atoms with Crippen LogP contribution in [0.2, 0.25) is 0 Å². The smallest absolute Gasteiger partial charge is 0.294 e. The molecule has 0 atom stereocenters. The number of rotatable bonds is 3. The summed E-state index contributed by atoms with van der Waals surface area (Å²) in [5, 5.41) is -0.503. The lowest BCUT2D eigenvalue weighted by Gasteiger charge is -2.27. The summed E-state index contributed by atoms with van der Waals surface area (Å²) in [6.07, 6.45) is 4.31. The van der Waals surface area contributed by atoms with Crippen molar-refractivity contribution in [3.8, 4) is 0 Å². The highest BCUT2D eigenvalue weighted by Gasteiger charge is 2.37. The second-order valence-electron chi connectivity index (χ2n) is 5.88. The molecule has 0 radical (unpaired) electrons. The normalized spacial score (nSPS) is 19.8. The molecule has 0 aromatic heterocycles. The van der Waals surface area contributed by atoms with Gasteiger partial charge in [0.15, 0.2) is 0 Å². The van der Waals surface area contributed by atoms with Crippen LogP contribution in [0.25, 0.3) is 6.08 Å². The van der Waals surface area contributed by atoms with E-state index in [2.05, 4.69) is 15.9 Å². The first-order valence-electron chi connectivity index (χ1n) is 7.94. The highest BCUT2D eigenvalue weighted by molar-refractivity contribution is 9.10. The van der Waals surface area contributed by atoms with Crippen molar-refractivity contribution in [2.45, 2.75) is 19.3 Å². The van der Waals surface area contributed by atoms with Crippen molar-refractivity contribution in [2.75, 3.05) is 19.6 Å². The van der Waals surface area contributed by atoms with E-state index in [0.29, 0.717) is 17.6 Å². The molecule has 0 N–H and O–H groups in total. The van der Waals surface area contributed by atoms with Crippen LogP contribution in [-0.2, 0) is 9.59 Å². The van der Waals surface area contributed by atoms with E-state index >= 15 is 0 Å². The maximum absolute atomic E-state index is 13.9. The Labute approximate surface area is 157 Å². The molecule has 0 bridgehead atoms. The van der Waals surface area contributed by atoms with Crippen molar-refractivity contribution in [1.82, 2.24) is 9.80 Å². The van der Waals surface area contributed by atoms with E-state index in [1.54, 1.807) is 11.0 Å². The van der Waals surface area contributed by atoms with E-state index in [-0.39, 0.29) is 22.9 Å². The number of imide groups is 1. The van der Waals surface area contributed by atoms with E-state index in [9.17, 15) is 18.8 Å². The van der Waals surface area contributed by atoms with Gasteiger partial charge in [0.25, 0.3) is 11.1 Å². The van der Waals surface area contributed by atoms with E-state index in [4.69, 9.17) is 0 Å². The summed E-state index contributed by atoms with van der Waals surface area (Å²) < 4.78 is 14.5. The molecule has 2 saturated heterocycles. The Morgan fingerprint density at radius 2 is 1.96 bits per heavy atom. The molecule has 25 heavy (non-hydrogen) atoms. The summed E-state index contributed by atoms with van der Waals surface area (Å²) in [6.45, 7) is 1.06. The minimum absolute atomic E-state index is 0.119. The van der Waals surface area contributed by atoms with Crippen LogP contribution in [0.5, 0.6) is 0 Å². The Hall–Kier alpha value is -1.67. The molecule has 2 aliphatic heterocycles. The van der Waals surface area contributed by atoms with Crippen LogP contribution in [0.3, 0.4) is 0 Å². The van der Waals surface area contributed by atoms with Crippen molar-refractivity contribution >= 4 is 50.8 Å². The van der Waals surface area contributed by atoms with E-state index in [1.807, 2.05) is 0 Å². The highest BCUT2D eigenvalue weighted by Crippen LogP contribution is 2.33. The lowest BCUT2D eigenvalue weighted by Crippen LogP contribution is -2.44. The fourth-order valence-electron chi connectivity index (χ4n) is 2.78.